The van der Waals surface area contributed by atoms with Crippen LogP contribution >= 0.6 is 0 Å². The van der Waals surface area contributed by atoms with Crippen LogP contribution in [0.1, 0.15) is 50.8 Å². The van der Waals surface area contributed by atoms with Crippen molar-refractivity contribution in [2.24, 2.45) is 5.92 Å². The molecule has 3 nitrogen and oxygen atoms in total. The summed E-state index contributed by atoms with van der Waals surface area (Å²) in [4.78, 5) is 2.58. The third kappa shape index (κ3) is 4.84. The van der Waals surface area contributed by atoms with Crippen LogP contribution in [-0.4, -0.2) is 30.6 Å². The number of likely N-dealkylation sites (tertiary alicyclic amines) is 1. The zero-order valence-corrected chi connectivity index (χ0v) is 13.5. The van der Waals surface area contributed by atoms with Crippen molar-refractivity contribution in [2.75, 3.05) is 19.6 Å². The molecule has 1 aliphatic rings. The first kappa shape index (κ1) is 16.0. The number of nitriles is 1. The third-order valence-electron chi connectivity index (χ3n) is 4.24. The number of hydrogen-bond donors (Lipinski definition) is 1. The van der Waals surface area contributed by atoms with E-state index in [2.05, 4.69) is 49.2 Å². The van der Waals surface area contributed by atoms with Gasteiger partial charge in [-0.1, -0.05) is 26.0 Å². The first-order valence-corrected chi connectivity index (χ1v) is 8.07. The van der Waals surface area contributed by atoms with E-state index in [9.17, 15) is 0 Å². The highest BCUT2D eigenvalue weighted by Gasteiger charge is 2.21. The number of nitrogens with zero attached hydrogens (tertiary/aromatic N) is 2. The fraction of sp³-hybridized carbons (Fsp3) is 0.611. The molecule has 0 bridgehead atoms. The lowest BCUT2D eigenvalue weighted by molar-refractivity contribution is 0.175. The van der Waals surface area contributed by atoms with Gasteiger partial charge in [0, 0.05) is 18.6 Å². The molecule has 114 valence electrons. The maximum Gasteiger partial charge on any atom is 0.0991 e. The molecule has 0 amide bonds. The molecule has 0 saturated carbocycles. The number of piperidine rings is 1. The molecule has 1 N–H and O–H groups in total. The Morgan fingerprint density at radius 1 is 1.19 bits per heavy atom. The Morgan fingerprint density at radius 3 is 2.33 bits per heavy atom. The lowest BCUT2D eigenvalue weighted by Crippen LogP contribution is -2.44. The highest BCUT2D eigenvalue weighted by atomic mass is 15.1. The quantitative estimate of drug-likeness (QED) is 0.902. The minimum Gasteiger partial charge on any atom is -0.307 e. The average molecular weight is 285 g/mol. The fourth-order valence-corrected chi connectivity index (χ4v) is 3.09. The van der Waals surface area contributed by atoms with Crippen molar-refractivity contribution in [3.63, 3.8) is 0 Å². The van der Waals surface area contributed by atoms with Crippen LogP contribution in [0, 0.1) is 17.2 Å². The summed E-state index contributed by atoms with van der Waals surface area (Å²) in [6, 6.07) is 11.0. The molecule has 1 saturated heterocycles. The Kier molecular flexibility index (Phi) is 5.78. The molecule has 0 aliphatic carbocycles. The minimum atomic E-state index is 0.347. The van der Waals surface area contributed by atoms with Crippen molar-refractivity contribution in [3.05, 3.63) is 35.4 Å². The Hall–Kier alpha value is -1.37. The lowest BCUT2D eigenvalue weighted by atomic mass is 10.0. The van der Waals surface area contributed by atoms with Gasteiger partial charge in [-0.05, 0) is 56.5 Å². The highest BCUT2D eigenvalue weighted by Crippen LogP contribution is 2.18. The van der Waals surface area contributed by atoms with Crippen LogP contribution < -0.4 is 5.32 Å². The molecule has 0 radical (unpaired) electrons. The number of benzene rings is 1. The molecule has 21 heavy (non-hydrogen) atoms. The molecule has 1 unspecified atom stereocenters. The maximum absolute atomic E-state index is 8.85. The highest BCUT2D eigenvalue weighted by molar-refractivity contribution is 5.32. The second-order valence-electron chi connectivity index (χ2n) is 6.59. The van der Waals surface area contributed by atoms with Crippen LogP contribution in [0.25, 0.3) is 0 Å². The van der Waals surface area contributed by atoms with Gasteiger partial charge in [0.15, 0.2) is 0 Å². The first-order chi connectivity index (χ1) is 10.1. The molecule has 0 spiro atoms. The second-order valence-corrected chi connectivity index (χ2v) is 6.59. The predicted molar refractivity (Wildman–Crippen MR) is 87.0 cm³/mol. The number of rotatable bonds is 5. The van der Waals surface area contributed by atoms with E-state index in [0.29, 0.717) is 12.1 Å². The summed E-state index contributed by atoms with van der Waals surface area (Å²) in [6.45, 7) is 10.4. The van der Waals surface area contributed by atoms with Crippen LogP contribution in [0.5, 0.6) is 0 Å². The van der Waals surface area contributed by atoms with Crippen molar-refractivity contribution < 1.29 is 0 Å². The van der Waals surface area contributed by atoms with Crippen LogP contribution in [0.3, 0.4) is 0 Å². The van der Waals surface area contributed by atoms with Gasteiger partial charge in [-0.2, -0.15) is 5.26 Å². The van der Waals surface area contributed by atoms with Gasteiger partial charge in [0.1, 0.15) is 0 Å². The Morgan fingerprint density at radius 2 is 1.81 bits per heavy atom. The summed E-state index contributed by atoms with van der Waals surface area (Å²) in [5.41, 5.74) is 1.99. The van der Waals surface area contributed by atoms with Gasteiger partial charge in [-0.15, -0.1) is 0 Å². The first-order valence-electron chi connectivity index (χ1n) is 8.07. The van der Waals surface area contributed by atoms with Crippen LogP contribution in [0.2, 0.25) is 0 Å². The molecular formula is C18H27N3. The van der Waals surface area contributed by atoms with Crippen molar-refractivity contribution in [2.45, 2.75) is 45.7 Å². The molecule has 2 rings (SSSR count). The van der Waals surface area contributed by atoms with Gasteiger partial charge >= 0.3 is 0 Å². The molecule has 1 fully saturated rings. The van der Waals surface area contributed by atoms with Crippen molar-refractivity contribution in [3.8, 4) is 6.07 Å². The predicted octanol–water partition coefficient (Wildman–Crippen LogP) is 3.33. The second kappa shape index (κ2) is 7.59. The largest absolute Gasteiger partial charge is 0.307 e. The molecule has 0 aromatic heterocycles. The summed E-state index contributed by atoms with van der Waals surface area (Å²) < 4.78 is 0. The topological polar surface area (TPSA) is 39.1 Å². The van der Waals surface area contributed by atoms with E-state index in [1.54, 1.807) is 0 Å². The third-order valence-corrected chi connectivity index (χ3v) is 4.24. The maximum atomic E-state index is 8.85. The smallest absolute Gasteiger partial charge is 0.0991 e. The molecular weight excluding hydrogens is 258 g/mol. The van der Waals surface area contributed by atoms with Crippen LogP contribution in [0.4, 0.5) is 0 Å². The van der Waals surface area contributed by atoms with Crippen molar-refractivity contribution >= 4 is 0 Å². The van der Waals surface area contributed by atoms with Gasteiger partial charge in [0.25, 0.3) is 0 Å². The van der Waals surface area contributed by atoms with E-state index >= 15 is 0 Å². The zero-order valence-electron chi connectivity index (χ0n) is 13.5. The molecule has 1 aromatic rings. The van der Waals surface area contributed by atoms with Gasteiger partial charge in [0.05, 0.1) is 11.6 Å². The van der Waals surface area contributed by atoms with E-state index in [-0.39, 0.29) is 0 Å². The van der Waals surface area contributed by atoms with Gasteiger partial charge in [0.2, 0.25) is 0 Å². The lowest BCUT2D eigenvalue weighted by Gasteiger charge is -2.34. The average Bonchev–Trinajstić information content (AvgIpc) is 2.49. The van der Waals surface area contributed by atoms with E-state index in [4.69, 9.17) is 5.26 Å². The van der Waals surface area contributed by atoms with Gasteiger partial charge in [-0.3, -0.25) is 0 Å². The summed E-state index contributed by atoms with van der Waals surface area (Å²) in [7, 11) is 0. The Bertz CT molecular complexity index is 464. The molecule has 1 heterocycles. The Labute approximate surface area is 129 Å². The summed E-state index contributed by atoms with van der Waals surface area (Å²) in [5, 5.41) is 12.6. The summed E-state index contributed by atoms with van der Waals surface area (Å²) in [6.07, 6.45) is 2.46. The standard InChI is InChI=1S/C18H27N3/c1-14(2)13-21-10-8-18(9-11-21)20-15(3)17-6-4-16(12-19)5-7-17/h4-7,14-15,18,20H,8-11,13H2,1-3H3. The van der Waals surface area contributed by atoms with Crippen LogP contribution in [-0.2, 0) is 0 Å². The van der Waals surface area contributed by atoms with Crippen LogP contribution in [0.15, 0.2) is 24.3 Å². The molecule has 3 heteroatoms. The number of hydrogen-bond acceptors (Lipinski definition) is 3. The number of nitrogens with one attached hydrogen (secondary N) is 1. The summed E-state index contributed by atoms with van der Waals surface area (Å²) >= 11 is 0. The molecule has 1 atom stereocenters. The zero-order chi connectivity index (χ0) is 15.2. The molecule has 1 aliphatic heterocycles. The van der Waals surface area contributed by atoms with Crippen molar-refractivity contribution in [1.82, 2.24) is 10.2 Å². The summed E-state index contributed by atoms with van der Waals surface area (Å²) in [5.74, 6) is 0.757. The van der Waals surface area contributed by atoms with Gasteiger partial charge < -0.3 is 10.2 Å². The fourth-order valence-electron chi connectivity index (χ4n) is 3.09. The van der Waals surface area contributed by atoms with E-state index in [0.717, 1.165) is 11.5 Å². The van der Waals surface area contributed by atoms with E-state index in [1.165, 1.54) is 38.0 Å². The Balaban J connectivity index is 1.81. The molecule has 1 aromatic carbocycles. The minimum absolute atomic E-state index is 0.347. The SMILES string of the molecule is CC(C)CN1CCC(NC(C)c2ccc(C#N)cc2)CC1. The monoisotopic (exact) mass is 285 g/mol. The van der Waals surface area contributed by atoms with E-state index in [1.807, 2.05) is 12.1 Å². The van der Waals surface area contributed by atoms with E-state index < -0.39 is 0 Å². The normalized spacial score (nSPS) is 18.6. The van der Waals surface area contributed by atoms with Gasteiger partial charge in [-0.25, -0.2) is 0 Å². The van der Waals surface area contributed by atoms with Crippen molar-refractivity contribution in [1.29, 1.82) is 5.26 Å².